The van der Waals surface area contributed by atoms with Crippen LogP contribution < -0.4 is 5.73 Å². The first-order valence-corrected chi connectivity index (χ1v) is 5.71. The normalized spacial score (nSPS) is 12.8. The van der Waals surface area contributed by atoms with Gasteiger partial charge in [0.25, 0.3) is 0 Å². The van der Waals surface area contributed by atoms with Gasteiger partial charge >= 0.3 is 0 Å². The molecule has 0 bridgehead atoms. The Hall–Kier alpha value is -0.910. The highest BCUT2D eigenvalue weighted by Crippen LogP contribution is 2.22. The molecule has 1 aromatic rings. The lowest BCUT2D eigenvalue weighted by molar-refractivity contribution is -0.123. The number of nitrogens with two attached hydrogens (primary N) is 1. The zero-order valence-corrected chi connectivity index (χ0v) is 10.6. The Kier molecular flexibility index (Phi) is 4.92. The van der Waals surface area contributed by atoms with Crippen molar-refractivity contribution in [3.8, 4) is 0 Å². The third kappa shape index (κ3) is 3.30. The summed E-state index contributed by atoms with van der Waals surface area (Å²) >= 11 is 3.35. The molecule has 0 radical (unpaired) electrons. The van der Waals surface area contributed by atoms with Gasteiger partial charge < -0.3 is 10.8 Å². The summed E-state index contributed by atoms with van der Waals surface area (Å²) in [7, 11) is 1.76. The molecule has 0 aliphatic carbocycles. The minimum Gasteiger partial charge on any atom is -0.395 e. The number of carbonyl (C=O) groups is 1. The molecular weight excluding hydrogens is 272 g/mol. The molecule has 0 spiro atoms. The molecule has 1 aromatic carbocycles. The van der Waals surface area contributed by atoms with Gasteiger partial charge in [0.05, 0.1) is 6.61 Å². The van der Waals surface area contributed by atoms with Crippen LogP contribution in [0.3, 0.4) is 0 Å². The van der Waals surface area contributed by atoms with Crippen molar-refractivity contribution >= 4 is 21.8 Å². The first kappa shape index (κ1) is 13.2. The van der Waals surface area contributed by atoms with E-state index in [2.05, 4.69) is 15.9 Å². The first-order chi connectivity index (χ1) is 7.56. The number of likely N-dealkylation sites (N-methyl/N-ethyl adjacent to an activating group) is 1. The van der Waals surface area contributed by atoms with E-state index in [9.17, 15) is 4.79 Å². The molecule has 1 unspecified atom stereocenters. The predicted octanol–water partition coefficient (Wildman–Crippen LogP) is 0.900. The topological polar surface area (TPSA) is 66.6 Å². The number of amides is 1. The molecule has 5 heteroatoms. The van der Waals surface area contributed by atoms with E-state index in [1.54, 1.807) is 11.9 Å². The summed E-state index contributed by atoms with van der Waals surface area (Å²) < 4.78 is 0.897. The summed E-state index contributed by atoms with van der Waals surface area (Å²) in [5.74, 6) is -0.422. The monoisotopic (exact) mass is 286 g/mol. The van der Waals surface area contributed by atoms with Gasteiger partial charge in [-0.15, -0.1) is 0 Å². The van der Waals surface area contributed by atoms with Crippen LogP contribution >= 0.6 is 15.9 Å². The van der Waals surface area contributed by atoms with Crippen molar-refractivity contribution in [3.63, 3.8) is 0 Å². The Balaban J connectivity index is 2.98. The summed E-state index contributed by atoms with van der Waals surface area (Å²) in [5, 5.41) is 8.87. The van der Waals surface area contributed by atoms with Crippen molar-refractivity contribution in [2.24, 2.45) is 5.73 Å². The number of nitrogens with zero attached hydrogens (tertiary/aromatic N) is 1. The quantitative estimate of drug-likeness (QED) is 0.845. The Bertz CT molecular complexity index is 371. The summed E-state index contributed by atoms with van der Waals surface area (Å²) in [5.41, 5.74) is 6.19. The highest BCUT2D eigenvalue weighted by Gasteiger charge is 2.22. The van der Waals surface area contributed by atoms with Crippen molar-refractivity contribution in [1.82, 2.24) is 4.90 Å². The molecule has 0 aromatic heterocycles. The molecule has 1 amide bonds. The second kappa shape index (κ2) is 5.98. The zero-order chi connectivity index (χ0) is 12.1. The number of benzene rings is 1. The molecule has 0 saturated carbocycles. The SMILES string of the molecule is CN(CCO)C(C(N)=O)c1cccc(Br)c1. The van der Waals surface area contributed by atoms with Crippen molar-refractivity contribution in [1.29, 1.82) is 0 Å². The van der Waals surface area contributed by atoms with Crippen LogP contribution in [0.15, 0.2) is 28.7 Å². The van der Waals surface area contributed by atoms with Gasteiger partial charge in [-0.05, 0) is 24.7 Å². The van der Waals surface area contributed by atoms with Gasteiger partial charge in [-0.3, -0.25) is 9.69 Å². The van der Waals surface area contributed by atoms with E-state index in [0.29, 0.717) is 6.54 Å². The van der Waals surface area contributed by atoms with E-state index in [1.807, 2.05) is 24.3 Å². The minimum atomic E-state index is -0.510. The maximum atomic E-state index is 11.4. The highest BCUT2D eigenvalue weighted by molar-refractivity contribution is 9.10. The van der Waals surface area contributed by atoms with Crippen LogP contribution in [-0.2, 0) is 4.79 Å². The molecule has 0 fully saturated rings. The van der Waals surface area contributed by atoms with Crippen LogP contribution in [0.5, 0.6) is 0 Å². The van der Waals surface area contributed by atoms with Crippen LogP contribution in [0.25, 0.3) is 0 Å². The fraction of sp³-hybridized carbons (Fsp3) is 0.364. The fourth-order valence-electron chi connectivity index (χ4n) is 1.60. The van der Waals surface area contributed by atoms with Gasteiger partial charge in [0.2, 0.25) is 5.91 Å². The lowest BCUT2D eigenvalue weighted by atomic mass is 10.1. The summed E-state index contributed by atoms with van der Waals surface area (Å²) in [6, 6.07) is 6.91. The second-order valence-electron chi connectivity index (χ2n) is 3.56. The smallest absolute Gasteiger partial charge is 0.239 e. The van der Waals surface area contributed by atoms with Crippen LogP contribution in [-0.4, -0.2) is 36.1 Å². The maximum absolute atomic E-state index is 11.4. The molecule has 0 heterocycles. The average Bonchev–Trinajstić information content (AvgIpc) is 2.17. The van der Waals surface area contributed by atoms with Crippen LogP contribution in [0.1, 0.15) is 11.6 Å². The van der Waals surface area contributed by atoms with E-state index < -0.39 is 11.9 Å². The molecule has 16 heavy (non-hydrogen) atoms. The summed E-state index contributed by atoms with van der Waals surface area (Å²) in [6.45, 7) is 0.397. The second-order valence-corrected chi connectivity index (χ2v) is 4.48. The van der Waals surface area contributed by atoms with E-state index >= 15 is 0 Å². The lowest BCUT2D eigenvalue weighted by Gasteiger charge is -2.25. The standard InChI is InChI=1S/C11H15BrN2O2/c1-14(5-6-15)10(11(13)16)8-3-2-4-9(12)7-8/h2-4,7,10,15H,5-6H2,1H3,(H2,13,16). The largest absolute Gasteiger partial charge is 0.395 e. The number of aliphatic hydroxyl groups is 1. The molecule has 0 aliphatic rings. The van der Waals surface area contributed by atoms with E-state index in [0.717, 1.165) is 10.0 Å². The number of hydrogen-bond acceptors (Lipinski definition) is 3. The Morgan fingerprint density at radius 1 is 1.62 bits per heavy atom. The number of halogens is 1. The number of primary amides is 1. The predicted molar refractivity (Wildman–Crippen MR) is 65.8 cm³/mol. The van der Waals surface area contributed by atoms with Crippen LogP contribution in [0, 0.1) is 0 Å². The van der Waals surface area contributed by atoms with E-state index in [4.69, 9.17) is 10.8 Å². The Labute approximate surface area is 103 Å². The third-order valence-electron chi connectivity index (χ3n) is 2.33. The number of aliphatic hydroxyl groups excluding tert-OH is 1. The van der Waals surface area contributed by atoms with Crippen molar-refractivity contribution < 1.29 is 9.90 Å². The highest BCUT2D eigenvalue weighted by atomic mass is 79.9. The van der Waals surface area contributed by atoms with Crippen LogP contribution in [0.2, 0.25) is 0 Å². The average molecular weight is 287 g/mol. The number of rotatable bonds is 5. The molecule has 1 atom stereocenters. The molecule has 0 saturated heterocycles. The summed E-state index contributed by atoms with van der Waals surface area (Å²) in [4.78, 5) is 13.1. The lowest BCUT2D eigenvalue weighted by Crippen LogP contribution is -2.36. The minimum absolute atomic E-state index is 0.00567. The molecule has 4 nitrogen and oxygen atoms in total. The van der Waals surface area contributed by atoms with Crippen molar-refractivity contribution in [2.45, 2.75) is 6.04 Å². The Morgan fingerprint density at radius 2 is 2.31 bits per heavy atom. The molecular formula is C11H15BrN2O2. The molecule has 0 aliphatic heterocycles. The fourth-order valence-corrected chi connectivity index (χ4v) is 2.02. The van der Waals surface area contributed by atoms with Gasteiger partial charge in [-0.2, -0.15) is 0 Å². The van der Waals surface area contributed by atoms with Gasteiger partial charge in [-0.1, -0.05) is 28.1 Å². The maximum Gasteiger partial charge on any atom is 0.239 e. The molecule has 1 rings (SSSR count). The van der Waals surface area contributed by atoms with E-state index in [1.165, 1.54) is 0 Å². The van der Waals surface area contributed by atoms with Gasteiger partial charge in [0, 0.05) is 11.0 Å². The third-order valence-corrected chi connectivity index (χ3v) is 2.82. The number of hydrogen-bond donors (Lipinski definition) is 2. The molecule has 3 N–H and O–H groups in total. The van der Waals surface area contributed by atoms with Gasteiger partial charge in [0.15, 0.2) is 0 Å². The van der Waals surface area contributed by atoms with Gasteiger partial charge in [-0.25, -0.2) is 0 Å². The van der Waals surface area contributed by atoms with E-state index in [-0.39, 0.29) is 6.61 Å². The number of carbonyl (C=O) groups excluding carboxylic acids is 1. The van der Waals surface area contributed by atoms with Gasteiger partial charge in [0.1, 0.15) is 6.04 Å². The molecule has 88 valence electrons. The van der Waals surface area contributed by atoms with Crippen LogP contribution in [0.4, 0.5) is 0 Å². The van der Waals surface area contributed by atoms with Crippen molar-refractivity contribution in [2.75, 3.05) is 20.2 Å². The zero-order valence-electron chi connectivity index (χ0n) is 9.06. The van der Waals surface area contributed by atoms with Crippen molar-refractivity contribution in [3.05, 3.63) is 34.3 Å². The summed E-state index contributed by atoms with van der Waals surface area (Å²) in [6.07, 6.45) is 0. The Morgan fingerprint density at radius 3 is 2.81 bits per heavy atom. The first-order valence-electron chi connectivity index (χ1n) is 4.92.